The van der Waals surface area contributed by atoms with Gasteiger partial charge in [0, 0.05) is 17.0 Å². The van der Waals surface area contributed by atoms with Crippen molar-refractivity contribution in [3.63, 3.8) is 0 Å². The van der Waals surface area contributed by atoms with E-state index >= 15 is 0 Å². The summed E-state index contributed by atoms with van der Waals surface area (Å²) in [4.78, 5) is 18.8. The maximum atomic E-state index is 10.5. The predicted molar refractivity (Wildman–Crippen MR) is 72.1 cm³/mol. The van der Waals surface area contributed by atoms with E-state index in [4.69, 9.17) is 17.4 Å². The van der Waals surface area contributed by atoms with Crippen LogP contribution in [0, 0.1) is 10.1 Å². The minimum absolute atomic E-state index is 0.0300. The second kappa shape index (κ2) is 5.83. The minimum atomic E-state index is -0.456. The maximum absolute atomic E-state index is 10.5. The van der Waals surface area contributed by atoms with Crippen molar-refractivity contribution >= 4 is 35.0 Å². The number of rotatable bonds is 4. The number of anilines is 1. The number of hydrogen-bond donors (Lipinski definition) is 2. The van der Waals surface area contributed by atoms with E-state index in [1.807, 2.05) is 0 Å². The summed E-state index contributed by atoms with van der Waals surface area (Å²) in [5.41, 5.74) is 2.35. The molecule has 7 nitrogen and oxygen atoms in total. The number of halogens is 1. The first-order chi connectivity index (χ1) is 9.10. The molecule has 2 rings (SSSR count). The van der Waals surface area contributed by atoms with Gasteiger partial charge in [-0.2, -0.15) is 0 Å². The van der Waals surface area contributed by atoms with Gasteiger partial charge >= 0.3 is 0 Å². The third kappa shape index (κ3) is 3.31. The summed E-state index contributed by atoms with van der Waals surface area (Å²) in [6.07, 6.45) is 1.43. The van der Waals surface area contributed by atoms with Crippen molar-refractivity contribution in [2.75, 3.05) is 5.43 Å². The van der Waals surface area contributed by atoms with Gasteiger partial charge in [0.15, 0.2) is 0 Å². The number of nitrogens with one attached hydrogen (secondary N) is 1. The summed E-state index contributed by atoms with van der Waals surface area (Å²) in [6.45, 7) is 0. The molecule has 0 aliphatic rings. The molecule has 0 amide bonds. The largest absolute Gasteiger partial charge is 0.292 e. The van der Waals surface area contributed by atoms with E-state index in [0.29, 0.717) is 10.0 Å². The van der Waals surface area contributed by atoms with Crippen molar-refractivity contribution in [3.05, 3.63) is 45.6 Å². The molecule has 3 N–H and O–H groups in total. The second-order valence-electron chi connectivity index (χ2n) is 3.34. The highest BCUT2D eigenvalue weighted by Crippen LogP contribution is 2.32. The fraction of sp³-hybridized carbons (Fsp3) is 0. The molecule has 0 spiro atoms. The van der Waals surface area contributed by atoms with Crippen LogP contribution in [-0.2, 0) is 0 Å². The van der Waals surface area contributed by atoms with Gasteiger partial charge in [-0.1, -0.05) is 23.4 Å². The highest BCUT2D eigenvalue weighted by Gasteiger charge is 2.09. The van der Waals surface area contributed by atoms with E-state index in [2.05, 4.69) is 15.4 Å². The lowest BCUT2D eigenvalue weighted by Gasteiger charge is -2.04. The quantitative estimate of drug-likeness (QED) is 0.386. The van der Waals surface area contributed by atoms with Crippen LogP contribution in [0.2, 0.25) is 5.02 Å². The van der Waals surface area contributed by atoms with Crippen LogP contribution in [0.1, 0.15) is 0 Å². The lowest BCUT2D eigenvalue weighted by molar-refractivity contribution is -0.384. The van der Waals surface area contributed by atoms with Crippen LogP contribution in [0.3, 0.4) is 0 Å². The van der Waals surface area contributed by atoms with Crippen LogP contribution in [0.5, 0.6) is 0 Å². The van der Waals surface area contributed by atoms with Crippen LogP contribution in [0.15, 0.2) is 40.4 Å². The zero-order chi connectivity index (χ0) is 13.8. The Morgan fingerprint density at radius 3 is 2.63 bits per heavy atom. The predicted octanol–water partition coefficient (Wildman–Crippen LogP) is 2.48. The topological polar surface area (TPSA) is 107 Å². The molecule has 9 heteroatoms. The Labute approximate surface area is 117 Å². The summed E-state index contributed by atoms with van der Waals surface area (Å²) >= 11 is 7.23. The molecule has 0 saturated carbocycles. The van der Waals surface area contributed by atoms with E-state index in [1.54, 1.807) is 12.1 Å². The Balaban J connectivity index is 2.23. The van der Waals surface area contributed by atoms with Gasteiger partial charge in [0.1, 0.15) is 5.03 Å². The van der Waals surface area contributed by atoms with Gasteiger partial charge in [-0.3, -0.25) is 15.5 Å². The Morgan fingerprint density at radius 1 is 1.37 bits per heavy atom. The molecule has 0 aliphatic heterocycles. The first kappa shape index (κ1) is 13.5. The van der Waals surface area contributed by atoms with Crippen molar-refractivity contribution in [3.8, 4) is 0 Å². The summed E-state index contributed by atoms with van der Waals surface area (Å²) in [7, 11) is 0. The molecule has 1 aromatic carbocycles. The summed E-state index contributed by atoms with van der Waals surface area (Å²) in [5, 5.41) is 11.4. The number of nitrogen functional groups attached to an aromatic ring is 1. The Morgan fingerprint density at radius 2 is 2.05 bits per heavy atom. The van der Waals surface area contributed by atoms with E-state index in [9.17, 15) is 10.1 Å². The molecule has 0 radical (unpaired) electrons. The van der Waals surface area contributed by atoms with Gasteiger partial charge in [0.25, 0.3) is 5.69 Å². The molecule has 0 atom stereocenters. The van der Waals surface area contributed by atoms with E-state index in [1.165, 1.54) is 30.1 Å². The Bertz CT molecular complexity index is 607. The van der Waals surface area contributed by atoms with Crippen LogP contribution < -0.4 is 11.3 Å². The van der Waals surface area contributed by atoms with Gasteiger partial charge in [-0.05, 0) is 12.1 Å². The number of non-ortho nitro benzene ring substituents is 1. The molecule has 0 saturated heterocycles. The number of hydrazine groups is 1. The Kier molecular flexibility index (Phi) is 4.15. The SMILES string of the molecule is NNc1ncc(Cl)c(Sc2ccc([N+](=O)[O-])cc2)n1. The van der Waals surface area contributed by atoms with Gasteiger partial charge in [-0.25, -0.2) is 15.8 Å². The monoisotopic (exact) mass is 297 g/mol. The standard InChI is InChI=1S/C10H8ClN5O2S/c11-8-5-13-10(15-12)14-9(8)19-7-3-1-6(2-4-7)16(17)18/h1-5H,12H2,(H,13,14,15). The molecule has 0 bridgehead atoms. The number of nitrogens with zero attached hydrogens (tertiary/aromatic N) is 3. The average molecular weight is 298 g/mol. The zero-order valence-electron chi connectivity index (χ0n) is 9.41. The maximum Gasteiger partial charge on any atom is 0.269 e. The van der Waals surface area contributed by atoms with Crippen molar-refractivity contribution in [2.24, 2.45) is 5.84 Å². The summed E-state index contributed by atoms with van der Waals surface area (Å²) < 4.78 is 0. The van der Waals surface area contributed by atoms with Gasteiger partial charge in [0.05, 0.1) is 16.1 Å². The molecule has 0 unspecified atom stereocenters. The molecule has 2 aromatic rings. The lowest BCUT2D eigenvalue weighted by atomic mass is 10.3. The van der Waals surface area contributed by atoms with Crippen molar-refractivity contribution in [2.45, 2.75) is 9.92 Å². The van der Waals surface area contributed by atoms with Crippen LogP contribution in [0.4, 0.5) is 11.6 Å². The fourth-order valence-electron chi connectivity index (χ4n) is 1.24. The molecule has 1 heterocycles. The number of hydrogen-bond acceptors (Lipinski definition) is 7. The van der Waals surface area contributed by atoms with E-state index < -0.39 is 4.92 Å². The van der Waals surface area contributed by atoms with Gasteiger partial charge < -0.3 is 0 Å². The van der Waals surface area contributed by atoms with Gasteiger partial charge in [-0.15, -0.1) is 0 Å². The molecular weight excluding hydrogens is 290 g/mol. The second-order valence-corrected chi connectivity index (χ2v) is 4.81. The Hall–Kier alpha value is -1.90. The van der Waals surface area contributed by atoms with E-state index in [-0.39, 0.29) is 11.6 Å². The smallest absolute Gasteiger partial charge is 0.269 e. The number of aromatic nitrogens is 2. The number of nitrogens with two attached hydrogens (primary N) is 1. The van der Waals surface area contributed by atoms with E-state index in [0.717, 1.165) is 4.90 Å². The van der Waals surface area contributed by atoms with Crippen molar-refractivity contribution in [1.82, 2.24) is 9.97 Å². The minimum Gasteiger partial charge on any atom is -0.292 e. The van der Waals surface area contributed by atoms with Crippen molar-refractivity contribution < 1.29 is 4.92 Å². The molecule has 0 aliphatic carbocycles. The first-order valence-corrected chi connectivity index (χ1v) is 6.21. The summed E-state index contributed by atoms with van der Waals surface area (Å²) in [6, 6.07) is 6.08. The highest BCUT2D eigenvalue weighted by molar-refractivity contribution is 7.99. The van der Waals surface area contributed by atoms with Crippen LogP contribution >= 0.6 is 23.4 Å². The normalized spacial score (nSPS) is 10.2. The first-order valence-electron chi connectivity index (χ1n) is 5.01. The number of nitro benzene ring substituents is 1. The molecule has 98 valence electrons. The van der Waals surface area contributed by atoms with Crippen molar-refractivity contribution in [1.29, 1.82) is 0 Å². The summed E-state index contributed by atoms with van der Waals surface area (Å²) in [5.74, 6) is 5.46. The zero-order valence-corrected chi connectivity index (χ0v) is 11.0. The molecule has 19 heavy (non-hydrogen) atoms. The van der Waals surface area contributed by atoms with Gasteiger partial charge in [0.2, 0.25) is 5.95 Å². The van der Waals surface area contributed by atoms with Crippen LogP contribution in [0.25, 0.3) is 0 Å². The number of nitro groups is 1. The van der Waals surface area contributed by atoms with Crippen LogP contribution in [-0.4, -0.2) is 14.9 Å². The lowest BCUT2D eigenvalue weighted by Crippen LogP contribution is -2.10. The molecule has 0 fully saturated rings. The number of benzene rings is 1. The third-order valence-electron chi connectivity index (χ3n) is 2.10. The molecule has 1 aromatic heterocycles. The average Bonchev–Trinajstić information content (AvgIpc) is 2.42. The third-order valence-corrected chi connectivity index (χ3v) is 3.50. The molecular formula is C10H8ClN5O2S. The fourth-order valence-corrected chi connectivity index (χ4v) is 2.22. The highest BCUT2D eigenvalue weighted by atomic mass is 35.5.